The molecule has 6 heteroatoms. The Kier molecular flexibility index (Phi) is 7.02. The fraction of sp³-hybridized carbons (Fsp3) is 0.385. The van der Waals surface area contributed by atoms with Crippen LogP contribution in [0.5, 0.6) is 0 Å². The minimum absolute atomic E-state index is 0.303. The summed E-state index contributed by atoms with van der Waals surface area (Å²) in [5.41, 5.74) is 10.3. The van der Waals surface area contributed by atoms with Gasteiger partial charge in [0.25, 0.3) is 0 Å². The first kappa shape index (κ1) is 22.2. The van der Waals surface area contributed by atoms with Crippen molar-refractivity contribution in [3.63, 3.8) is 0 Å². The molecule has 1 aromatic heterocycles. The molecule has 0 amide bonds. The summed E-state index contributed by atoms with van der Waals surface area (Å²) in [5.74, 6) is 0.303. The molecule has 1 aliphatic rings. The number of allylic oxidation sites excluding steroid dienone is 1. The molecule has 1 atom stereocenters. The van der Waals surface area contributed by atoms with Crippen LogP contribution >= 0.6 is 0 Å². The maximum atomic E-state index is 11.8. The lowest BCUT2D eigenvalue weighted by Gasteiger charge is -2.34. The summed E-state index contributed by atoms with van der Waals surface area (Å²) in [5, 5.41) is 13.9. The normalized spacial score (nSPS) is 16.9. The molecule has 168 valence electrons. The lowest BCUT2D eigenvalue weighted by atomic mass is 9.89. The number of hydrazine groups is 1. The molecule has 0 bridgehead atoms. The van der Waals surface area contributed by atoms with Crippen LogP contribution in [0.2, 0.25) is 0 Å². The number of aldehydes is 1. The fourth-order valence-electron chi connectivity index (χ4n) is 4.76. The monoisotopic (exact) mass is 431 g/mol. The first-order valence-corrected chi connectivity index (χ1v) is 11.4. The number of rotatable bonds is 8. The summed E-state index contributed by atoms with van der Waals surface area (Å²) in [6.07, 6.45) is 7.89. The second kappa shape index (κ2) is 10.1. The highest BCUT2D eigenvalue weighted by Crippen LogP contribution is 2.27. The molecule has 3 aromatic rings. The van der Waals surface area contributed by atoms with Gasteiger partial charge in [-0.3, -0.25) is 15.3 Å². The van der Waals surface area contributed by atoms with Gasteiger partial charge in [-0.05, 0) is 79.5 Å². The molecular formula is C26H33N5O. The first-order valence-electron chi connectivity index (χ1n) is 11.4. The van der Waals surface area contributed by atoms with E-state index >= 15 is 0 Å². The summed E-state index contributed by atoms with van der Waals surface area (Å²) >= 11 is 0. The molecule has 6 nitrogen and oxygen atoms in total. The van der Waals surface area contributed by atoms with Crippen LogP contribution in [-0.2, 0) is 11.2 Å². The first-order chi connectivity index (χ1) is 15.6. The third kappa shape index (κ3) is 5.09. The molecule has 32 heavy (non-hydrogen) atoms. The SMILES string of the molecule is CNc1ccccc1/C=C(\C=O)C1CCN(N[C@@H](C)Cc2cc(C)c3[nH]ncc3c2)CC1. The number of hydrogen-bond acceptors (Lipinski definition) is 5. The molecule has 0 unspecified atom stereocenters. The van der Waals surface area contributed by atoms with E-state index in [1.54, 1.807) is 0 Å². The van der Waals surface area contributed by atoms with Crippen LogP contribution in [-0.4, -0.2) is 47.7 Å². The van der Waals surface area contributed by atoms with Crippen molar-refractivity contribution in [2.24, 2.45) is 5.92 Å². The molecule has 0 saturated carbocycles. The molecule has 3 N–H and O–H groups in total. The lowest BCUT2D eigenvalue weighted by Crippen LogP contribution is -2.48. The van der Waals surface area contributed by atoms with Crippen LogP contribution in [0.1, 0.15) is 36.5 Å². The van der Waals surface area contributed by atoms with E-state index in [9.17, 15) is 4.79 Å². The van der Waals surface area contributed by atoms with Crippen molar-refractivity contribution in [3.05, 3.63) is 64.9 Å². The number of benzene rings is 2. The number of fused-ring (bicyclic) bond motifs is 1. The molecule has 0 spiro atoms. The van der Waals surface area contributed by atoms with E-state index in [1.165, 1.54) is 16.5 Å². The van der Waals surface area contributed by atoms with Crippen molar-refractivity contribution in [2.45, 2.75) is 39.2 Å². The zero-order valence-corrected chi connectivity index (χ0v) is 19.2. The lowest BCUT2D eigenvalue weighted by molar-refractivity contribution is -0.105. The van der Waals surface area contributed by atoms with Crippen LogP contribution < -0.4 is 10.7 Å². The zero-order valence-electron chi connectivity index (χ0n) is 19.2. The fourth-order valence-corrected chi connectivity index (χ4v) is 4.76. The Balaban J connectivity index is 1.33. The van der Waals surface area contributed by atoms with Gasteiger partial charge in [0.2, 0.25) is 0 Å². The maximum absolute atomic E-state index is 11.8. The van der Waals surface area contributed by atoms with Gasteiger partial charge in [-0.2, -0.15) is 5.10 Å². The Morgan fingerprint density at radius 1 is 1.28 bits per heavy atom. The summed E-state index contributed by atoms with van der Waals surface area (Å²) in [7, 11) is 1.91. The van der Waals surface area contributed by atoms with E-state index in [0.29, 0.717) is 12.0 Å². The number of anilines is 1. The van der Waals surface area contributed by atoms with Crippen molar-refractivity contribution in [1.82, 2.24) is 20.6 Å². The van der Waals surface area contributed by atoms with Gasteiger partial charge in [0.05, 0.1) is 11.7 Å². The number of H-pyrrole nitrogens is 1. The van der Waals surface area contributed by atoms with Crippen LogP contribution in [0, 0.1) is 12.8 Å². The van der Waals surface area contributed by atoms with E-state index in [4.69, 9.17) is 0 Å². The number of aromatic nitrogens is 2. The van der Waals surface area contributed by atoms with Gasteiger partial charge in [-0.1, -0.05) is 24.3 Å². The summed E-state index contributed by atoms with van der Waals surface area (Å²) < 4.78 is 0. The molecule has 1 aliphatic heterocycles. The Morgan fingerprint density at radius 3 is 2.81 bits per heavy atom. The topological polar surface area (TPSA) is 73.1 Å². The molecule has 0 radical (unpaired) electrons. The van der Waals surface area contributed by atoms with E-state index < -0.39 is 0 Å². The van der Waals surface area contributed by atoms with Gasteiger partial charge < -0.3 is 5.32 Å². The second-order valence-electron chi connectivity index (χ2n) is 8.84. The van der Waals surface area contributed by atoms with E-state index in [2.05, 4.69) is 58.0 Å². The third-order valence-corrected chi connectivity index (χ3v) is 6.41. The van der Waals surface area contributed by atoms with Gasteiger partial charge in [0.1, 0.15) is 6.29 Å². The summed E-state index contributed by atoms with van der Waals surface area (Å²) in [4.78, 5) is 11.8. The molecule has 2 aromatic carbocycles. The number of para-hydroxylation sites is 1. The molecule has 2 heterocycles. The average Bonchev–Trinajstić information content (AvgIpc) is 3.27. The van der Waals surface area contributed by atoms with Gasteiger partial charge in [0, 0.05) is 37.3 Å². The molecule has 1 saturated heterocycles. The third-order valence-electron chi connectivity index (χ3n) is 6.41. The average molecular weight is 432 g/mol. The van der Waals surface area contributed by atoms with Crippen LogP contribution in [0.15, 0.2) is 48.2 Å². The number of carbonyl (C=O) groups excluding carboxylic acids is 1. The number of piperidine rings is 1. The number of hydrogen-bond donors (Lipinski definition) is 3. The zero-order chi connectivity index (χ0) is 22.5. The standard InChI is InChI=1S/C26H33N5O/c1-18-12-20(14-23-16-28-29-26(18)23)13-19(2)30-31-10-8-21(9-11-31)24(17-32)15-22-6-4-5-7-25(22)27-3/h4-7,12,14-17,19,21,27,30H,8-11,13H2,1-3H3,(H,28,29)/b24-15+/t19-/m0/s1. The van der Waals surface area contributed by atoms with Crippen LogP contribution in [0.3, 0.4) is 0 Å². The van der Waals surface area contributed by atoms with Crippen molar-refractivity contribution in [3.8, 4) is 0 Å². The molecular weight excluding hydrogens is 398 g/mol. The molecule has 1 fully saturated rings. The summed E-state index contributed by atoms with van der Waals surface area (Å²) in [6, 6.07) is 12.9. The van der Waals surface area contributed by atoms with Crippen molar-refractivity contribution in [1.29, 1.82) is 0 Å². The minimum Gasteiger partial charge on any atom is -0.388 e. The highest BCUT2D eigenvalue weighted by molar-refractivity contribution is 5.85. The van der Waals surface area contributed by atoms with Crippen molar-refractivity contribution < 1.29 is 4.79 Å². The van der Waals surface area contributed by atoms with Gasteiger partial charge in [-0.25, -0.2) is 5.01 Å². The summed E-state index contributed by atoms with van der Waals surface area (Å²) in [6.45, 7) is 6.23. The number of nitrogens with one attached hydrogen (secondary N) is 3. The number of aryl methyl sites for hydroxylation is 1. The van der Waals surface area contributed by atoms with Crippen molar-refractivity contribution >= 4 is 29.0 Å². The Hall–Kier alpha value is -2.96. The second-order valence-corrected chi connectivity index (χ2v) is 8.84. The van der Waals surface area contributed by atoms with Gasteiger partial charge >= 0.3 is 0 Å². The van der Waals surface area contributed by atoms with E-state index in [1.807, 2.05) is 37.5 Å². The van der Waals surface area contributed by atoms with Crippen LogP contribution in [0.4, 0.5) is 5.69 Å². The highest BCUT2D eigenvalue weighted by atomic mass is 16.1. The molecule has 0 aliphatic carbocycles. The largest absolute Gasteiger partial charge is 0.388 e. The van der Waals surface area contributed by atoms with Gasteiger partial charge in [0.15, 0.2) is 0 Å². The number of aromatic amines is 1. The number of carbonyl (C=O) groups is 1. The Labute approximate surface area is 190 Å². The highest BCUT2D eigenvalue weighted by Gasteiger charge is 2.23. The Bertz CT molecular complexity index is 1090. The van der Waals surface area contributed by atoms with Crippen LogP contribution in [0.25, 0.3) is 17.0 Å². The van der Waals surface area contributed by atoms with E-state index in [0.717, 1.165) is 61.0 Å². The van der Waals surface area contributed by atoms with Crippen molar-refractivity contribution in [2.75, 3.05) is 25.5 Å². The number of nitrogens with zero attached hydrogens (tertiary/aromatic N) is 2. The predicted molar refractivity (Wildman–Crippen MR) is 131 cm³/mol. The molecule has 4 rings (SSSR count). The maximum Gasteiger partial charge on any atom is 0.146 e. The quantitative estimate of drug-likeness (QED) is 0.365. The minimum atomic E-state index is 0.303. The predicted octanol–water partition coefficient (Wildman–Crippen LogP) is 4.34. The smallest absolute Gasteiger partial charge is 0.146 e. The Morgan fingerprint density at radius 2 is 2.06 bits per heavy atom. The van der Waals surface area contributed by atoms with Gasteiger partial charge in [-0.15, -0.1) is 0 Å². The van der Waals surface area contributed by atoms with E-state index in [-0.39, 0.29) is 0 Å².